The van der Waals surface area contributed by atoms with Crippen molar-refractivity contribution in [2.75, 3.05) is 18.4 Å². The van der Waals surface area contributed by atoms with E-state index in [0.717, 1.165) is 0 Å². The lowest BCUT2D eigenvalue weighted by Crippen LogP contribution is -2.45. The maximum absolute atomic E-state index is 14.0. The fourth-order valence-electron chi connectivity index (χ4n) is 2.53. The summed E-state index contributed by atoms with van der Waals surface area (Å²) in [6, 6.07) is 3.85. The van der Waals surface area contributed by atoms with Crippen molar-refractivity contribution < 1.29 is 18.7 Å². The van der Waals surface area contributed by atoms with E-state index < -0.39 is 17.8 Å². The van der Waals surface area contributed by atoms with Crippen LogP contribution in [0.5, 0.6) is 5.75 Å². The number of nitrogens with two attached hydrogens (primary N) is 1. The van der Waals surface area contributed by atoms with Gasteiger partial charge in [-0.05, 0) is 38.8 Å². The van der Waals surface area contributed by atoms with E-state index in [1.165, 1.54) is 17.0 Å². The Kier molecular flexibility index (Phi) is 5.41. The number of benzene rings is 1. The number of nitrogens with zero attached hydrogens (tertiary/aromatic N) is 1. The number of rotatable bonds is 4. The smallest absolute Gasteiger partial charge is 0.321 e. The second-order valence-corrected chi connectivity index (χ2v) is 5.93. The van der Waals surface area contributed by atoms with Gasteiger partial charge >= 0.3 is 6.03 Å². The summed E-state index contributed by atoms with van der Waals surface area (Å²) in [5, 5.41) is 2.52. The lowest BCUT2D eigenvalue weighted by molar-refractivity contribution is -0.123. The fraction of sp³-hybridized carbons (Fsp3) is 0.500. The molecule has 3 amide bonds. The van der Waals surface area contributed by atoms with Crippen molar-refractivity contribution in [2.45, 2.75) is 32.8 Å². The van der Waals surface area contributed by atoms with Crippen LogP contribution >= 0.6 is 0 Å². The zero-order chi connectivity index (χ0) is 17.0. The third-order valence-corrected chi connectivity index (χ3v) is 3.66. The van der Waals surface area contributed by atoms with E-state index in [4.69, 9.17) is 10.5 Å². The summed E-state index contributed by atoms with van der Waals surface area (Å²) >= 11 is 0. The van der Waals surface area contributed by atoms with Gasteiger partial charge in [0.15, 0.2) is 0 Å². The number of primary amides is 1. The van der Waals surface area contributed by atoms with E-state index in [1.54, 1.807) is 6.07 Å². The molecule has 3 N–H and O–H groups in total. The van der Waals surface area contributed by atoms with E-state index in [2.05, 4.69) is 5.32 Å². The number of anilines is 1. The van der Waals surface area contributed by atoms with Crippen molar-refractivity contribution in [3.63, 3.8) is 0 Å². The molecule has 1 fully saturated rings. The van der Waals surface area contributed by atoms with Gasteiger partial charge in [0.05, 0.1) is 17.7 Å². The normalized spacial score (nSPS) is 17.9. The predicted octanol–water partition coefficient (Wildman–Crippen LogP) is 2.34. The Labute approximate surface area is 134 Å². The fourth-order valence-corrected chi connectivity index (χ4v) is 2.53. The van der Waals surface area contributed by atoms with E-state index in [0.29, 0.717) is 25.1 Å². The molecular formula is C16H22FN3O3. The summed E-state index contributed by atoms with van der Waals surface area (Å²) in [4.78, 5) is 24.9. The Hall–Kier alpha value is -2.31. The first-order valence-corrected chi connectivity index (χ1v) is 7.68. The van der Waals surface area contributed by atoms with Gasteiger partial charge in [-0.25, -0.2) is 9.18 Å². The molecule has 0 aliphatic carbocycles. The average Bonchev–Trinajstić information content (AvgIpc) is 2.49. The molecule has 0 radical (unpaired) electrons. The van der Waals surface area contributed by atoms with Gasteiger partial charge in [0.25, 0.3) is 0 Å². The van der Waals surface area contributed by atoms with Gasteiger partial charge in [0, 0.05) is 19.2 Å². The molecule has 0 saturated carbocycles. The molecule has 6 nitrogen and oxygen atoms in total. The lowest BCUT2D eigenvalue weighted by atomic mass is 9.98. The molecule has 1 aromatic carbocycles. The van der Waals surface area contributed by atoms with Gasteiger partial charge in [-0.1, -0.05) is 0 Å². The number of amides is 3. The number of piperidine rings is 1. The summed E-state index contributed by atoms with van der Waals surface area (Å²) in [5.41, 5.74) is 5.37. The highest BCUT2D eigenvalue weighted by atomic mass is 19.1. The molecule has 1 atom stereocenters. The molecule has 7 heteroatoms. The minimum Gasteiger partial charge on any atom is -0.491 e. The number of ether oxygens (including phenoxy) is 1. The molecule has 1 heterocycles. The molecule has 1 unspecified atom stereocenters. The first-order valence-electron chi connectivity index (χ1n) is 7.68. The van der Waals surface area contributed by atoms with Gasteiger partial charge < -0.3 is 20.7 Å². The molecular weight excluding hydrogens is 301 g/mol. The SMILES string of the molecule is CC(C)Oc1ccc(NC(=O)N2CCCC(C(N)=O)C2)c(F)c1. The molecule has 1 aliphatic heterocycles. The average molecular weight is 323 g/mol. The summed E-state index contributed by atoms with van der Waals surface area (Å²) in [6.07, 6.45) is 1.31. The van der Waals surface area contributed by atoms with Crippen LogP contribution in [0.3, 0.4) is 0 Å². The summed E-state index contributed by atoms with van der Waals surface area (Å²) < 4.78 is 19.4. The maximum atomic E-state index is 14.0. The van der Waals surface area contributed by atoms with Crippen molar-refractivity contribution in [1.29, 1.82) is 0 Å². The van der Waals surface area contributed by atoms with E-state index in [1.807, 2.05) is 13.8 Å². The van der Waals surface area contributed by atoms with Gasteiger partial charge in [-0.15, -0.1) is 0 Å². The van der Waals surface area contributed by atoms with Crippen molar-refractivity contribution in [3.8, 4) is 5.75 Å². The third-order valence-electron chi connectivity index (χ3n) is 3.66. The lowest BCUT2D eigenvalue weighted by Gasteiger charge is -2.31. The van der Waals surface area contributed by atoms with Crippen LogP contribution in [0, 0.1) is 11.7 Å². The highest BCUT2D eigenvalue weighted by Crippen LogP contribution is 2.23. The predicted molar refractivity (Wildman–Crippen MR) is 84.7 cm³/mol. The van der Waals surface area contributed by atoms with Crippen LogP contribution in [-0.4, -0.2) is 36.0 Å². The molecule has 0 aromatic heterocycles. The van der Waals surface area contributed by atoms with E-state index in [9.17, 15) is 14.0 Å². The van der Waals surface area contributed by atoms with Gasteiger partial charge in [0.1, 0.15) is 11.6 Å². The van der Waals surface area contributed by atoms with Crippen molar-refractivity contribution >= 4 is 17.6 Å². The molecule has 0 spiro atoms. The van der Waals surface area contributed by atoms with Crippen LogP contribution in [0.4, 0.5) is 14.9 Å². The summed E-state index contributed by atoms with van der Waals surface area (Å²) in [5.74, 6) is -0.924. The summed E-state index contributed by atoms with van der Waals surface area (Å²) in [6.45, 7) is 4.47. The number of hydrogen-bond donors (Lipinski definition) is 2. The Bertz CT molecular complexity index is 592. The first-order chi connectivity index (χ1) is 10.9. The van der Waals surface area contributed by atoms with Crippen LogP contribution in [0.1, 0.15) is 26.7 Å². The zero-order valence-corrected chi connectivity index (χ0v) is 13.3. The highest BCUT2D eigenvalue weighted by molar-refractivity contribution is 5.90. The molecule has 1 aliphatic rings. The van der Waals surface area contributed by atoms with E-state index >= 15 is 0 Å². The third kappa shape index (κ3) is 4.58. The number of carbonyl (C=O) groups excluding carboxylic acids is 2. The van der Waals surface area contributed by atoms with Crippen LogP contribution in [0.15, 0.2) is 18.2 Å². The Balaban J connectivity index is 2.01. The minimum atomic E-state index is -0.569. The zero-order valence-electron chi connectivity index (χ0n) is 13.3. The quantitative estimate of drug-likeness (QED) is 0.892. The minimum absolute atomic E-state index is 0.0612. The van der Waals surface area contributed by atoms with Crippen molar-refractivity contribution in [2.24, 2.45) is 11.7 Å². The van der Waals surface area contributed by atoms with Crippen LogP contribution < -0.4 is 15.8 Å². The second-order valence-electron chi connectivity index (χ2n) is 5.93. The maximum Gasteiger partial charge on any atom is 0.321 e. The molecule has 1 aromatic rings. The molecule has 23 heavy (non-hydrogen) atoms. The summed E-state index contributed by atoms with van der Waals surface area (Å²) in [7, 11) is 0. The Morgan fingerprint density at radius 3 is 2.78 bits per heavy atom. The van der Waals surface area contributed by atoms with E-state index in [-0.39, 0.29) is 24.3 Å². The van der Waals surface area contributed by atoms with Crippen LogP contribution in [0.25, 0.3) is 0 Å². The Morgan fingerprint density at radius 2 is 2.17 bits per heavy atom. The molecule has 0 bridgehead atoms. The van der Waals surface area contributed by atoms with Crippen LogP contribution in [-0.2, 0) is 4.79 Å². The second kappa shape index (κ2) is 7.30. The largest absolute Gasteiger partial charge is 0.491 e. The monoisotopic (exact) mass is 323 g/mol. The Morgan fingerprint density at radius 1 is 1.43 bits per heavy atom. The number of halogens is 1. The standard InChI is InChI=1S/C16H22FN3O3/c1-10(2)23-12-5-6-14(13(17)8-12)19-16(22)20-7-3-4-11(9-20)15(18)21/h5-6,8,10-11H,3-4,7,9H2,1-2H3,(H2,18,21)(H,19,22). The van der Waals surface area contributed by atoms with Gasteiger partial charge in [0.2, 0.25) is 5.91 Å². The van der Waals surface area contributed by atoms with Crippen LogP contribution in [0.2, 0.25) is 0 Å². The molecule has 2 rings (SSSR count). The van der Waals surface area contributed by atoms with Crippen molar-refractivity contribution in [3.05, 3.63) is 24.0 Å². The number of nitrogens with one attached hydrogen (secondary N) is 1. The topological polar surface area (TPSA) is 84.7 Å². The number of hydrogen-bond acceptors (Lipinski definition) is 3. The molecule has 1 saturated heterocycles. The molecule has 126 valence electrons. The van der Waals surface area contributed by atoms with Gasteiger partial charge in [-0.2, -0.15) is 0 Å². The van der Waals surface area contributed by atoms with Crippen molar-refractivity contribution in [1.82, 2.24) is 4.90 Å². The first kappa shape index (κ1) is 17.1. The number of likely N-dealkylation sites (tertiary alicyclic amines) is 1. The number of urea groups is 1. The number of carbonyl (C=O) groups is 2. The highest BCUT2D eigenvalue weighted by Gasteiger charge is 2.27. The van der Waals surface area contributed by atoms with Gasteiger partial charge in [-0.3, -0.25) is 4.79 Å².